The molecule has 1 amide bonds. The zero-order chi connectivity index (χ0) is 15.9. The van der Waals surface area contributed by atoms with Crippen molar-refractivity contribution in [2.45, 2.75) is 18.1 Å². The molecule has 6 heteroatoms. The average Bonchev–Trinajstić information content (AvgIpc) is 3.05. The zero-order valence-corrected chi connectivity index (χ0v) is 13.8. The Kier molecular flexibility index (Phi) is 5.82. The molecule has 2 aliphatic heterocycles. The first kappa shape index (κ1) is 16.2. The maximum atomic E-state index is 11.8. The second kappa shape index (κ2) is 8.26. The Morgan fingerprint density at radius 2 is 2.09 bits per heavy atom. The van der Waals surface area contributed by atoms with Gasteiger partial charge in [-0.3, -0.25) is 4.79 Å². The molecule has 23 heavy (non-hydrogen) atoms. The first-order valence-corrected chi connectivity index (χ1v) is 8.91. The lowest BCUT2D eigenvalue weighted by atomic mass is 10.2. The normalized spacial score (nSPS) is 17.6. The lowest BCUT2D eigenvalue weighted by Gasteiger charge is -2.21. The van der Waals surface area contributed by atoms with E-state index in [0.717, 1.165) is 48.9 Å². The van der Waals surface area contributed by atoms with E-state index in [0.29, 0.717) is 11.8 Å². The Labute approximate surface area is 140 Å². The van der Waals surface area contributed by atoms with E-state index in [2.05, 4.69) is 5.32 Å². The predicted molar refractivity (Wildman–Crippen MR) is 90.9 cm³/mol. The Hall–Kier alpha value is -1.66. The van der Waals surface area contributed by atoms with Gasteiger partial charge in [-0.25, -0.2) is 0 Å². The number of hydrogen-bond donors (Lipinski definition) is 1. The fraction of sp³-hybridized carbons (Fsp3) is 0.471. The van der Waals surface area contributed by atoms with Crippen molar-refractivity contribution >= 4 is 23.7 Å². The average molecular weight is 335 g/mol. The molecule has 0 unspecified atom stereocenters. The van der Waals surface area contributed by atoms with E-state index >= 15 is 0 Å². The van der Waals surface area contributed by atoms with E-state index in [1.54, 1.807) is 12.2 Å². The van der Waals surface area contributed by atoms with Crippen LogP contribution in [0.5, 0.6) is 11.5 Å². The summed E-state index contributed by atoms with van der Waals surface area (Å²) in [6.45, 7) is 2.67. The maximum absolute atomic E-state index is 11.8. The van der Waals surface area contributed by atoms with Gasteiger partial charge in [-0.1, -0.05) is 6.07 Å². The van der Waals surface area contributed by atoms with Gasteiger partial charge in [0.05, 0.1) is 0 Å². The van der Waals surface area contributed by atoms with Crippen molar-refractivity contribution in [2.75, 3.05) is 32.3 Å². The summed E-state index contributed by atoms with van der Waals surface area (Å²) >= 11 is 1.92. The summed E-state index contributed by atoms with van der Waals surface area (Å²) < 4.78 is 15.9. The summed E-state index contributed by atoms with van der Waals surface area (Å²) in [5, 5.41) is 3.58. The van der Waals surface area contributed by atoms with Gasteiger partial charge < -0.3 is 19.5 Å². The van der Waals surface area contributed by atoms with Crippen LogP contribution in [0.3, 0.4) is 0 Å². The van der Waals surface area contributed by atoms with Crippen LogP contribution in [0, 0.1) is 0 Å². The zero-order valence-electron chi connectivity index (χ0n) is 13.0. The predicted octanol–water partition coefficient (Wildman–Crippen LogP) is 2.46. The third kappa shape index (κ3) is 4.91. The molecule has 1 N–H and O–H groups in total. The van der Waals surface area contributed by atoms with Crippen LogP contribution in [0.4, 0.5) is 0 Å². The van der Waals surface area contributed by atoms with Gasteiger partial charge in [-0.2, -0.15) is 11.8 Å². The molecule has 0 aliphatic carbocycles. The molecule has 2 heterocycles. The van der Waals surface area contributed by atoms with E-state index in [4.69, 9.17) is 14.2 Å². The van der Waals surface area contributed by atoms with Crippen LogP contribution in [0.2, 0.25) is 0 Å². The molecule has 0 radical (unpaired) electrons. The number of fused-ring (bicyclic) bond motifs is 1. The molecular formula is C17H21NO4S. The fourth-order valence-corrected chi connectivity index (χ4v) is 3.57. The van der Waals surface area contributed by atoms with Crippen LogP contribution in [-0.2, 0) is 9.53 Å². The molecule has 0 aromatic heterocycles. The number of nitrogens with one attached hydrogen (secondary N) is 1. The van der Waals surface area contributed by atoms with Gasteiger partial charge >= 0.3 is 0 Å². The van der Waals surface area contributed by atoms with Gasteiger partial charge in [0.15, 0.2) is 11.5 Å². The molecule has 1 fully saturated rings. The molecule has 0 saturated carbocycles. The molecule has 0 bridgehead atoms. The fourth-order valence-electron chi connectivity index (χ4n) is 2.49. The number of thioether (sulfide) groups is 1. The number of ether oxygens (including phenoxy) is 3. The van der Waals surface area contributed by atoms with Crippen molar-refractivity contribution in [3.8, 4) is 11.5 Å². The van der Waals surface area contributed by atoms with Crippen LogP contribution >= 0.6 is 11.8 Å². The van der Waals surface area contributed by atoms with Crippen LogP contribution in [0.1, 0.15) is 18.4 Å². The first-order chi connectivity index (χ1) is 11.3. The van der Waals surface area contributed by atoms with Gasteiger partial charge in [0.2, 0.25) is 12.7 Å². The van der Waals surface area contributed by atoms with E-state index in [-0.39, 0.29) is 12.7 Å². The van der Waals surface area contributed by atoms with Gasteiger partial charge in [-0.05, 0) is 36.6 Å². The van der Waals surface area contributed by atoms with Gasteiger partial charge in [-0.15, -0.1) is 0 Å². The molecule has 5 nitrogen and oxygen atoms in total. The summed E-state index contributed by atoms with van der Waals surface area (Å²) in [6.07, 6.45) is 5.56. The molecule has 3 rings (SSSR count). The van der Waals surface area contributed by atoms with Crippen LogP contribution in [-0.4, -0.2) is 43.5 Å². The summed E-state index contributed by atoms with van der Waals surface area (Å²) in [5.41, 5.74) is 0.918. The number of carbonyl (C=O) groups is 1. The first-order valence-electron chi connectivity index (χ1n) is 7.86. The monoisotopic (exact) mass is 335 g/mol. The van der Waals surface area contributed by atoms with E-state index in [1.807, 2.05) is 30.0 Å². The van der Waals surface area contributed by atoms with Crippen molar-refractivity contribution in [3.05, 3.63) is 29.8 Å². The highest BCUT2D eigenvalue weighted by Crippen LogP contribution is 2.32. The Bertz CT molecular complexity index is 570. The Balaban J connectivity index is 1.37. The quantitative estimate of drug-likeness (QED) is 0.639. The van der Waals surface area contributed by atoms with Crippen molar-refractivity contribution in [1.82, 2.24) is 5.32 Å². The van der Waals surface area contributed by atoms with Crippen molar-refractivity contribution in [1.29, 1.82) is 0 Å². The van der Waals surface area contributed by atoms with Gasteiger partial charge in [0.1, 0.15) is 0 Å². The molecule has 124 valence electrons. The van der Waals surface area contributed by atoms with Crippen LogP contribution in [0.15, 0.2) is 24.3 Å². The highest BCUT2D eigenvalue weighted by atomic mass is 32.2. The molecule has 2 aliphatic rings. The lowest BCUT2D eigenvalue weighted by Crippen LogP contribution is -2.25. The second-order valence-electron chi connectivity index (χ2n) is 5.42. The van der Waals surface area contributed by atoms with Crippen molar-refractivity contribution in [2.24, 2.45) is 0 Å². The standard InChI is InChI=1S/C17H21NO4S/c19-17(18-7-10-23-14-5-8-20-9-6-14)4-2-13-1-3-15-16(11-13)22-12-21-15/h1-4,11,14H,5-10,12H2,(H,18,19). The number of amides is 1. The summed E-state index contributed by atoms with van der Waals surface area (Å²) in [5.74, 6) is 2.33. The minimum atomic E-state index is -0.0738. The third-order valence-electron chi connectivity index (χ3n) is 3.75. The summed E-state index contributed by atoms with van der Waals surface area (Å²) in [4.78, 5) is 11.8. The second-order valence-corrected chi connectivity index (χ2v) is 6.83. The number of rotatable bonds is 6. The Morgan fingerprint density at radius 1 is 1.26 bits per heavy atom. The minimum absolute atomic E-state index is 0.0738. The third-order valence-corrected chi connectivity index (χ3v) is 5.13. The number of benzene rings is 1. The van der Waals surface area contributed by atoms with Crippen molar-refractivity contribution < 1.29 is 19.0 Å². The highest BCUT2D eigenvalue weighted by molar-refractivity contribution is 7.99. The van der Waals surface area contributed by atoms with Crippen LogP contribution in [0.25, 0.3) is 6.08 Å². The highest BCUT2D eigenvalue weighted by Gasteiger charge is 2.14. The van der Waals surface area contributed by atoms with Gasteiger partial charge in [0, 0.05) is 36.8 Å². The van der Waals surface area contributed by atoms with E-state index in [1.165, 1.54) is 0 Å². The molecular weight excluding hydrogens is 314 g/mol. The largest absolute Gasteiger partial charge is 0.454 e. The lowest BCUT2D eigenvalue weighted by molar-refractivity contribution is -0.116. The minimum Gasteiger partial charge on any atom is -0.454 e. The van der Waals surface area contributed by atoms with Gasteiger partial charge in [0.25, 0.3) is 0 Å². The van der Waals surface area contributed by atoms with Crippen LogP contribution < -0.4 is 14.8 Å². The molecule has 1 saturated heterocycles. The maximum Gasteiger partial charge on any atom is 0.244 e. The summed E-state index contributed by atoms with van der Waals surface area (Å²) in [6, 6.07) is 5.62. The molecule has 0 spiro atoms. The Morgan fingerprint density at radius 3 is 2.96 bits per heavy atom. The van der Waals surface area contributed by atoms with E-state index < -0.39 is 0 Å². The topological polar surface area (TPSA) is 56.8 Å². The smallest absolute Gasteiger partial charge is 0.244 e. The molecule has 0 atom stereocenters. The summed E-state index contributed by atoms with van der Waals surface area (Å²) in [7, 11) is 0. The van der Waals surface area contributed by atoms with Crippen molar-refractivity contribution in [3.63, 3.8) is 0 Å². The molecule has 1 aromatic carbocycles. The number of carbonyl (C=O) groups excluding carboxylic acids is 1. The number of hydrogen-bond acceptors (Lipinski definition) is 5. The SMILES string of the molecule is O=C(C=Cc1ccc2c(c1)OCO2)NCCSC1CCOCC1. The molecule has 1 aromatic rings. The van der Waals surface area contributed by atoms with E-state index in [9.17, 15) is 4.79 Å².